The maximum Gasteiger partial charge on any atom is 0.249 e. The van der Waals surface area contributed by atoms with Crippen LogP contribution >= 0.6 is 0 Å². The summed E-state index contributed by atoms with van der Waals surface area (Å²) in [5, 5.41) is 0. The van der Waals surface area contributed by atoms with Crippen LogP contribution in [0.1, 0.15) is 61.1 Å². The molecule has 0 bridgehead atoms. The quantitative estimate of drug-likeness (QED) is 0.786. The molecule has 1 spiro atoms. The summed E-state index contributed by atoms with van der Waals surface area (Å²) in [6, 6.07) is 5.15. The molecule has 2 atom stereocenters. The second-order valence-corrected chi connectivity index (χ2v) is 7.16. The topological polar surface area (TPSA) is 47.0 Å². The molecule has 0 saturated heterocycles. The summed E-state index contributed by atoms with van der Waals surface area (Å²) >= 11 is 0. The van der Waals surface area contributed by atoms with Crippen LogP contribution in [-0.2, 0) is 4.79 Å². The molecule has 23 heavy (non-hydrogen) atoms. The molecule has 3 rings (SSSR count). The highest BCUT2D eigenvalue weighted by molar-refractivity contribution is 5.94. The third-order valence-electron chi connectivity index (χ3n) is 5.16. The van der Waals surface area contributed by atoms with Gasteiger partial charge in [0.15, 0.2) is 5.78 Å². The van der Waals surface area contributed by atoms with Crippen molar-refractivity contribution in [3.63, 3.8) is 0 Å². The lowest BCUT2D eigenvalue weighted by Crippen LogP contribution is -2.42. The molecule has 124 valence electrons. The molecule has 1 aromatic heterocycles. The van der Waals surface area contributed by atoms with Crippen LogP contribution in [0.15, 0.2) is 18.2 Å². The van der Waals surface area contributed by atoms with Crippen LogP contribution in [0, 0.1) is 18.3 Å². The molecule has 3 nitrogen and oxygen atoms in total. The molecule has 1 aromatic rings. The molecule has 2 saturated carbocycles. The number of pyridine rings is 1. The van der Waals surface area contributed by atoms with Crippen molar-refractivity contribution in [3.05, 3.63) is 29.6 Å². The highest BCUT2D eigenvalue weighted by Crippen LogP contribution is 2.54. The van der Waals surface area contributed by atoms with E-state index < -0.39 is 17.3 Å². The lowest BCUT2D eigenvalue weighted by molar-refractivity contribution is -0.143. The molecule has 1 heterocycles. The highest BCUT2D eigenvalue weighted by atomic mass is 19.3. The first-order chi connectivity index (χ1) is 10.8. The van der Waals surface area contributed by atoms with Gasteiger partial charge >= 0.3 is 0 Å². The van der Waals surface area contributed by atoms with Gasteiger partial charge in [-0.05, 0) is 44.2 Å². The number of nitrogens with zero attached hydrogens (tertiary/aromatic N) is 1. The number of halogens is 2. The molecule has 2 aliphatic carbocycles. The van der Waals surface area contributed by atoms with Gasteiger partial charge in [0.2, 0.25) is 5.92 Å². The van der Waals surface area contributed by atoms with E-state index in [1.165, 1.54) is 0 Å². The maximum absolute atomic E-state index is 14.2. The Bertz CT molecular complexity index is 644. The normalized spacial score (nSPS) is 29.9. The standard InChI is InChI=1S/C18H21F2NO2/c1-12-4-2-5-14(21-12)15(22)8-13-9-17(7-3-6-16(17)23)11-18(19,20)10-13/h2,4-5,13H,3,6-11H2,1H3/t13-,17+/m0/s1. The van der Waals surface area contributed by atoms with Crippen LogP contribution in [0.25, 0.3) is 0 Å². The van der Waals surface area contributed by atoms with Crippen LogP contribution in [-0.4, -0.2) is 22.5 Å². The van der Waals surface area contributed by atoms with E-state index in [2.05, 4.69) is 4.98 Å². The highest BCUT2D eigenvalue weighted by Gasteiger charge is 2.54. The van der Waals surface area contributed by atoms with Gasteiger partial charge in [0.05, 0.1) is 0 Å². The van der Waals surface area contributed by atoms with Gasteiger partial charge in [-0.15, -0.1) is 0 Å². The summed E-state index contributed by atoms with van der Waals surface area (Å²) in [6.07, 6.45) is 1.44. The van der Waals surface area contributed by atoms with Gasteiger partial charge in [-0.2, -0.15) is 0 Å². The van der Waals surface area contributed by atoms with Crippen molar-refractivity contribution in [1.82, 2.24) is 4.98 Å². The molecule has 0 aliphatic heterocycles. The Kier molecular flexibility index (Phi) is 4.07. The fraction of sp³-hybridized carbons (Fsp3) is 0.611. The first-order valence-electron chi connectivity index (χ1n) is 8.18. The van der Waals surface area contributed by atoms with E-state index in [1.807, 2.05) is 0 Å². The number of aryl methyl sites for hydroxylation is 1. The maximum atomic E-state index is 14.2. The number of carbonyl (C=O) groups is 2. The van der Waals surface area contributed by atoms with E-state index in [9.17, 15) is 18.4 Å². The number of hydrogen-bond donors (Lipinski definition) is 0. The summed E-state index contributed by atoms with van der Waals surface area (Å²) in [7, 11) is 0. The molecule has 0 radical (unpaired) electrons. The van der Waals surface area contributed by atoms with Gasteiger partial charge in [0.1, 0.15) is 11.5 Å². The van der Waals surface area contributed by atoms with E-state index in [0.717, 1.165) is 5.69 Å². The average molecular weight is 321 g/mol. The molecule has 0 aromatic carbocycles. The molecule has 0 amide bonds. The third-order valence-corrected chi connectivity index (χ3v) is 5.16. The fourth-order valence-corrected chi connectivity index (χ4v) is 4.29. The largest absolute Gasteiger partial charge is 0.299 e. The zero-order valence-electron chi connectivity index (χ0n) is 13.3. The van der Waals surface area contributed by atoms with Crippen molar-refractivity contribution in [2.75, 3.05) is 0 Å². The summed E-state index contributed by atoms with van der Waals surface area (Å²) in [6.45, 7) is 1.79. The second kappa shape index (κ2) is 5.77. The number of alkyl halides is 2. The van der Waals surface area contributed by atoms with Gasteiger partial charge in [0.25, 0.3) is 0 Å². The summed E-state index contributed by atoms with van der Waals surface area (Å²) in [5.74, 6) is -3.56. The second-order valence-electron chi connectivity index (χ2n) is 7.16. The molecule has 2 aliphatic rings. The van der Waals surface area contributed by atoms with Gasteiger partial charge in [0, 0.05) is 36.8 Å². The van der Waals surface area contributed by atoms with Gasteiger partial charge in [-0.3, -0.25) is 14.6 Å². The molecule has 0 N–H and O–H groups in total. The van der Waals surface area contributed by atoms with Crippen molar-refractivity contribution in [2.24, 2.45) is 11.3 Å². The Morgan fingerprint density at radius 1 is 1.35 bits per heavy atom. The monoisotopic (exact) mass is 321 g/mol. The van der Waals surface area contributed by atoms with Crippen LogP contribution in [0.5, 0.6) is 0 Å². The Morgan fingerprint density at radius 2 is 2.13 bits per heavy atom. The lowest BCUT2D eigenvalue weighted by atomic mass is 9.65. The first kappa shape index (κ1) is 16.2. The number of Topliss-reactive ketones (excluding diaryl/α,β-unsaturated/α-hetero) is 2. The van der Waals surface area contributed by atoms with E-state index in [0.29, 0.717) is 31.4 Å². The minimum atomic E-state index is -2.86. The average Bonchev–Trinajstić information content (AvgIpc) is 2.77. The van der Waals surface area contributed by atoms with Gasteiger partial charge < -0.3 is 0 Å². The Hall–Kier alpha value is -1.65. The molecular formula is C18H21F2NO2. The number of rotatable bonds is 3. The number of carbonyl (C=O) groups excluding carboxylic acids is 2. The predicted molar refractivity (Wildman–Crippen MR) is 81.5 cm³/mol. The lowest BCUT2D eigenvalue weighted by Gasteiger charge is -2.41. The van der Waals surface area contributed by atoms with Crippen LogP contribution < -0.4 is 0 Å². The van der Waals surface area contributed by atoms with E-state index in [4.69, 9.17) is 0 Å². The number of ketones is 2. The third kappa shape index (κ3) is 3.33. The SMILES string of the molecule is Cc1cccc(C(=O)C[C@@H]2CC(F)(F)C[C@@]3(CCCC3=O)C2)n1. The molecule has 0 unspecified atom stereocenters. The molecule has 2 fully saturated rings. The Labute approximate surface area is 134 Å². The van der Waals surface area contributed by atoms with Crippen molar-refractivity contribution >= 4 is 11.6 Å². The van der Waals surface area contributed by atoms with E-state index in [1.54, 1.807) is 25.1 Å². The zero-order chi connectivity index (χ0) is 16.7. The number of hydrogen-bond acceptors (Lipinski definition) is 3. The van der Waals surface area contributed by atoms with E-state index >= 15 is 0 Å². The minimum absolute atomic E-state index is 0.0389. The predicted octanol–water partition coefficient (Wildman–Crippen LogP) is 4.14. The van der Waals surface area contributed by atoms with Crippen molar-refractivity contribution in [2.45, 2.75) is 57.8 Å². The summed E-state index contributed by atoms with van der Waals surface area (Å²) in [5.41, 5.74) is 0.158. The Balaban J connectivity index is 1.77. The Morgan fingerprint density at radius 3 is 2.78 bits per heavy atom. The van der Waals surface area contributed by atoms with Gasteiger partial charge in [-0.25, -0.2) is 8.78 Å². The summed E-state index contributed by atoms with van der Waals surface area (Å²) < 4.78 is 28.3. The smallest absolute Gasteiger partial charge is 0.249 e. The van der Waals surface area contributed by atoms with E-state index in [-0.39, 0.29) is 30.8 Å². The van der Waals surface area contributed by atoms with Crippen molar-refractivity contribution in [1.29, 1.82) is 0 Å². The number of aromatic nitrogens is 1. The molecular weight excluding hydrogens is 300 g/mol. The van der Waals surface area contributed by atoms with Gasteiger partial charge in [-0.1, -0.05) is 6.07 Å². The minimum Gasteiger partial charge on any atom is -0.299 e. The van der Waals surface area contributed by atoms with Crippen LogP contribution in [0.2, 0.25) is 0 Å². The molecule has 5 heteroatoms. The van der Waals surface area contributed by atoms with Crippen LogP contribution in [0.4, 0.5) is 8.78 Å². The fourth-order valence-electron chi connectivity index (χ4n) is 4.29. The summed E-state index contributed by atoms with van der Waals surface area (Å²) in [4.78, 5) is 28.7. The first-order valence-corrected chi connectivity index (χ1v) is 8.18. The van der Waals surface area contributed by atoms with Crippen molar-refractivity contribution in [3.8, 4) is 0 Å². The van der Waals surface area contributed by atoms with Crippen LogP contribution in [0.3, 0.4) is 0 Å². The van der Waals surface area contributed by atoms with Crippen molar-refractivity contribution < 1.29 is 18.4 Å². The zero-order valence-corrected chi connectivity index (χ0v) is 13.3.